The Morgan fingerprint density at radius 2 is 2.25 bits per heavy atom. The summed E-state index contributed by atoms with van der Waals surface area (Å²) in [6, 6.07) is 2.06. The van der Waals surface area contributed by atoms with Gasteiger partial charge in [-0.2, -0.15) is 0 Å². The molecule has 0 aromatic carbocycles. The molecule has 0 saturated carbocycles. The summed E-state index contributed by atoms with van der Waals surface area (Å²) in [7, 11) is 0. The third-order valence-electron chi connectivity index (χ3n) is 1.57. The Morgan fingerprint density at radius 1 is 1.42 bits per heavy atom. The van der Waals surface area contributed by atoms with Gasteiger partial charge in [-0.05, 0) is 25.5 Å². The van der Waals surface area contributed by atoms with E-state index in [2.05, 4.69) is 29.9 Å². The first-order valence-corrected chi connectivity index (χ1v) is 4.67. The van der Waals surface area contributed by atoms with Crippen molar-refractivity contribution in [1.82, 2.24) is 9.97 Å². The molecule has 0 spiro atoms. The van der Waals surface area contributed by atoms with Gasteiger partial charge in [-0.25, -0.2) is 0 Å². The fourth-order valence-corrected chi connectivity index (χ4v) is 1.06. The lowest BCUT2D eigenvalue weighted by molar-refractivity contribution is 1.23. The van der Waals surface area contributed by atoms with Gasteiger partial charge < -0.3 is 4.98 Å². The zero-order chi connectivity index (χ0) is 8.81. The SMILES string of the molecule is Cc1cc[nH]c1C.c1cscn1. The van der Waals surface area contributed by atoms with Gasteiger partial charge in [0.15, 0.2) is 0 Å². The van der Waals surface area contributed by atoms with Crippen LogP contribution in [0, 0.1) is 13.8 Å². The van der Waals surface area contributed by atoms with Crippen LogP contribution in [-0.4, -0.2) is 9.97 Å². The minimum atomic E-state index is 1.26. The minimum Gasteiger partial charge on any atom is -0.365 e. The fourth-order valence-electron chi connectivity index (χ4n) is 0.706. The monoisotopic (exact) mass is 180 g/mol. The van der Waals surface area contributed by atoms with Crippen LogP contribution in [0.2, 0.25) is 0 Å². The second kappa shape index (κ2) is 4.72. The third kappa shape index (κ3) is 2.88. The number of aromatic amines is 1. The van der Waals surface area contributed by atoms with Crippen molar-refractivity contribution in [3.8, 4) is 0 Å². The normalized spacial score (nSPS) is 8.83. The summed E-state index contributed by atoms with van der Waals surface area (Å²) in [4.78, 5) is 6.81. The van der Waals surface area contributed by atoms with E-state index in [0.717, 1.165) is 0 Å². The van der Waals surface area contributed by atoms with Crippen molar-refractivity contribution in [2.45, 2.75) is 13.8 Å². The molecule has 0 aliphatic rings. The van der Waals surface area contributed by atoms with E-state index in [-0.39, 0.29) is 0 Å². The Hall–Kier alpha value is -1.09. The van der Waals surface area contributed by atoms with Crippen LogP contribution in [-0.2, 0) is 0 Å². The van der Waals surface area contributed by atoms with Crippen LogP contribution in [0.25, 0.3) is 0 Å². The number of rotatable bonds is 0. The highest BCUT2D eigenvalue weighted by Gasteiger charge is 1.85. The summed E-state index contributed by atoms with van der Waals surface area (Å²) in [5, 5.41) is 1.93. The van der Waals surface area contributed by atoms with E-state index in [0.29, 0.717) is 0 Å². The number of hydrogen-bond donors (Lipinski definition) is 1. The van der Waals surface area contributed by atoms with Crippen LogP contribution < -0.4 is 0 Å². The molecule has 0 atom stereocenters. The van der Waals surface area contributed by atoms with Gasteiger partial charge in [0.25, 0.3) is 0 Å². The van der Waals surface area contributed by atoms with Crippen molar-refractivity contribution in [3.05, 3.63) is 40.6 Å². The first kappa shape index (κ1) is 9.00. The highest BCUT2D eigenvalue weighted by Crippen LogP contribution is 1.99. The van der Waals surface area contributed by atoms with E-state index in [1.807, 2.05) is 11.6 Å². The van der Waals surface area contributed by atoms with Gasteiger partial charge in [0.05, 0.1) is 5.51 Å². The molecule has 0 unspecified atom stereocenters. The molecule has 2 rings (SSSR count). The Bertz CT molecular complexity index is 264. The standard InChI is InChI=1S/C6H9N.C3H3NS/c1-5-3-4-7-6(5)2;1-2-5-3-4-1/h3-4,7H,1-2H3;1-3H. The summed E-state index contributed by atoms with van der Waals surface area (Å²) in [6.07, 6.45) is 3.72. The number of aryl methyl sites for hydroxylation is 2. The fraction of sp³-hybridized carbons (Fsp3) is 0.222. The van der Waals surface area contributed by atoms with E-state index in [1.54, 1.807) is 23.0 Å². The Balaban J connectivity index is 0.000000127. The topological polar surface area (TPSA) is 28.7 Å². The molecule has 0 radical (unpaired) electrons. The molecule has 2 aromatic rings. The van der Waals surface area contributed by atoms with Crippen LogP contribution in [0.4, 0.5) is 0 Å². The molecular formula is C9H12N2S. The summed E-state index contributed by atoms with van der Waals surface area (Å²) in [6.45, 7) is 4.15. The van der Waals surface area contributed by atoms with Crippen LogP contribution in [0.1, 0.15) is 11.3 Å². The molecule has 2 heterocycles. The lowest BCUT2D eigenvalue weighted by Gasteiger charge is -1.81. The summed E-state index contributed by atoms with van der Waals surface area (Å²) in [5.41, 5.74) is 4.39. The van der Waals surface area contributed by atoms with Crippen molar-refractivity contribution in [2.75, 3.05) is 0 Å². The number of H-pyrrole nitrogens is 1. The summed E-state index contributed by atoms with van der Waals surface area (Å²) < 4.78 is 0. The maximum atomic E-state index is 3.74. The molecule has 12 heavy (non-hydrogen) atoms. The van der Waals surface area contributed by atoms with Gasteiger partial charge >= 0.3 is 0 Å². The molecule has 0 saturated heterocycles. The molecule has 64 valence electrons. The first-order chi connectivity index (χ1) is 5.80. The van der Waals surface area contributed by atoms with Crippen LogP contribution in [0.3, 0.4) is 0 Å². The van der Waals surface area contributed by atoms with E-state index < -0.39 is 0 Å². The molecule has 0 aliphatic carbocycles. The van der Waals surface area contributed by atoms with Crippen molar-refractivity contribution in [1.29, 1.82) is 0 Å². The van der Waals surface area contributed by atoms with Gasteiger partial charge in [-0.1, -0.05) is 0 Å². The molecular weight excluding hydrogens is 168 g/mol. The van der Waals surface area contributed by atoms with Crippen molar-refractivity contribution in [2.24, 2.45) is 0 Å². The molecule has 2 nitrogen and oxygen atoms in total. The molecule has 3 heteroatoms. The molecule has 0 amide bonds. The lowest BCUT2D eigenvalue weighted by Crippen LogP contribution is -1.69. The van der Waals surface area contributed by atoms with E-state index in [9.17, 15) is 0 Å². The van der Waals surface area contributed by atoms with Crippen LogP contribution in [0.5, 0.6) is 0 Å². The zero-order valence-corrected chi connectivity index (χ0v) is 8.06. The van der Waals surface area contributed by atoms with Crippen molar-refractivity contribution >= 4 is 11.3 Å². The Kier molecular flexibility index (Phi) is 3.54. The number of thiazole rings is 1. The number of aromatic nitrogens is 2. The summed E-state index contributed by atoms with van der Waals surface area (Å²) >= 11 is 1.60. The average Bonchev–Trinajstić information content (AvgIpc) is 2.67. The average molecular weight is 180 g/mol. The van der Waals surface area contributed by atoms with E-state index in [1.165, 1.54) is 11.3 Å². The molecule has 1 N–H and O–H groups in total. The largest absolute Gasteiger partial charge is 0.365 e. The second-order valence-electron chi connectivity index (χ2n) is 2.46. The molecule has 0 bridgehead atoms. The number of nitrogens with zero attached hydrogens (tertiary/aromatic N) is 1. The number of hydrogen-bond acceptors (Lipinski definition) is 2. The first-order valence-electron chi connectivity index (χ1n) is 3.73. The zero-order valence-electron chi connectivity index (χ0n) is 7.24. The predicted molar refractivity (Wildman–Crippen MR) is 52.4 cm³/mol. The molecule has 0 aliphatic heterocycles. The van der Waals surface area contributed by atoms with Gasteiger partial charge in [-0.15, -0.1) is 11.3 Å². The van der Waals surface area contributed by atoms with Crippen LogP contribution >= 0.6 is 11.3 Å². The molecule has 2 aromatic heterocycles. The number of nitrogens with one attached hydrogen (secondary N) is 1. The van der Waals surface area contributed by atoms with Gasteiger partial charge in [0.1, 0.15) is 0 Å². The van der Waals surface area contributed by atoms with Gasteiger partial charge in [0.2, 0.25) is 0 Å². The Morgan fingerprint density at radius 3 is 2.42 bits per heavy atom. The van der Waals surface area contributed by atoms with E-state index >= 15 is 0 Å². The third-order valence-corrected chi connectivity index (χ3v) is 2.09. The van der Waals surface area contributed by atoms with E-state index in [4.69, 9.17) is 0 Å². The lowest BCUT2D eigenvalue weighted by atomic mass is 10.3. The quantitative estimate of drug-likeness (QED) is 0.663. The predicted octanol–water partition coefficient (Wildman–Crippen LogP) is 2.77. The second-order valence-corrected chi connectivity index (χ2v) is 3.22. The maximum absolute atomic E-state index is 3.74. The minimum absolute atomic E-state index is 1.26. The molecule has 0 fully saturated rings. The van der Waals surface area contributed by atoms with Crippen molar-refractivity contribution < 1.29 is 0 Å². The van der Waals surface area contributed by atoms with Gasteiger partial charge in [0, 0.05) is 23.5 Å². The van der Waals surface area contributed by atoms with Crippen LogP contribution in [0.15, 0.2) is 29.4 Å². The highest BCUT2D eigenvalue weighted by molar-refractivity contribution is 7.07. The Labute approximate surface area is 76.3 Å². The smallest absolute Gasteiger partial charge is 0.0791 e. The summed E-state index contributed by atoms with van der Waals surface area (Å²) in [5.74, 6) is 0. The van der Waals surface area contributed by atoms with Gasteiger partial charge in [-0.3, -0.25) is 4.98 Å². The maximum Gasteiger partial charge on any atom is 0.0791 e. The highest BCUT2D eigenvalue weighted by atomic mass is 32.1. The van der Waals surface area contributed by atoms with Crippen molar-refractivity contribution in [3.63, 3.8) is 0 Å².